The molecule has 1 aromatic carbocycles. The second-order valence-electron chi connectivity index (χ2n) is 5.32. The van der Waals surface area contributed by atoms with Crippen LogP contribution in [0.3, 0.4) is 0 Å². The number of carbonyl (C=O) groups is 1. The van der Waals surface area contributed by atoms with Crippen LogP contribution in [0.4, 0.5) is 0 Å². The second-order valence-corrected chi connectivity index (χ2v) is 5.88. The van der Waals surface area contributed by atoms with Crippen molar-refractivity contribution >= 4 is 21.9 Å². The summed E-state index contributed by atoms with van der Waals surface area (Å²) in [5.41, 5.74) is 1.38. The lowest BCUT2D eigenvalue weighted by molar-refractivity contribution is -0.145. The minimum absolute atomic E-state index is 0.268. The molecule has 0 aromatic heterocycles. The molecule has 0 saturated heterocycles. The Kier molecular flexibility index (Phi) is 4.10. The van der Waals surface area contributed by atoms with E-state index >= 15 is 0 Å². The molecule has 1 aliphatic rings. The highest BCUT2D eigenvalue weighted by Crippen LogP contribution is 2.42. The molecule has 98 valence electrons. The first kappa shape index (κ1) is 13.6. The zero-order valence-electron chi connectivity index (χ0n) is 10.7. The van der Waals surface area contributed by atoms with Gasteiger partial charge in [-0.1, -0.05) is 53.0 Å². The van der Waals surface area contributed by atoms with E-state index in [1.54, 1.807) is 0 Å². The first-order valence-corrected chi connectivity index (χ1v) is 7.60. The van der Waals surface area contributed by atoms with Crippen molar-refractivity contribution in [1.82, 2.24) is 0 Å². The van der Waals surface area contributed by atoms with E-state index in [1.807, 2.05) is 31.2 Å². The Balaban J connectivity index is 2.36. The molecule has 0 heterocycles. The number of alkyl halides is 1. The van der Waals surface area contributed by atoms with Gasteiger partial charge in [-0.05, 0) is 36.8 Å². The molecule has 0 spiro atoms. The summed E-state index contributed by atoms with van der Waals surface area (Å²) in [7, 11) is 0. The zero-order chi connectivity index (χ0) is 13.2. The van der Waals surface area contributed by atoms with Crippen molar-refractivity contribution in [2.45, 2.75) is 43.4 Å². The van der Waals surface area contributed by atoms with Crippen LogP contribution >= 0.6 is 15.9 Å². The van der Waals surface area contributed by atoms with E-state index < -0.39 is 11.4 Å². The third-order valence-electron chi connectivity index (χ3n) is 4.32. The lowest BCUT2D eigenvalue weighted by Crippen LogP contribution is -2.39. The van der Waals surface area contributed by atoms with Crippen LogP contribution in [0.5, 0.6) is 0 Å². The van der Waals surface area contributed by atoms with Gasteiger partial charge in [-0.15, -0.1) is 0 Å². The summed E-state index contributed by atoms with van der Waals surface area (Å²) in [5.74, 6) is -0.425. The fourth-order valence-electron chi connectivity index (χ4n) is 2.98. The minimum atomic E-state index is -0.735. The highest BCUT2D eigenvalue weighted by molar-refractivity contribution is 9.08. The molecule has 2 nitrogen and oxygen atoms in total. The van der Waals surface area contributed by atoms with Crippen LogP contribution in [0.2, 0.25) is 0 Å². The summed E-state index contributed by atoms with van der Waals surface area (Å²) in [6.45, 7) is 1.88. The third-order valence-corrected chi connectivity index (χ3v) is 4.97. The van der Waals surface area contributed by atoms with Gasteiger partial charge in [0.25, 0.3) is 0 Å². The van der Waals surface area contributed by atoms with Crippen LogP contribution in [0.1, 0.15) is 43.7 Å². The SMILES string of the molecule is CC(C(=O)O)(c1ccc(CBr)cc1)C1CCCC1. The number of hydrogen-bond acceptors (Lipinski definition) is 1. The highest BCUT2D eigenvalue weighted by Gasteiger charge is 2.43. The Morgan fingerprint density at radius 1 is 1.33 bits per heavy atom. The van der Waals surface area contributed by atoms with Gasteiger partial charge in [0.2, 0.25) is 0 Å². The summed E-state index contributed by atoms with van der Waals surface area (Å²) in [6.07, 6.45) is 4.38. The first-order chi connectivity index (χ1) is 8.59. The first-order valence-electron chi connectivity index (χ1n) is 6.48. The van der Waals surface area contributed by atoms with Crippen LogP contribution < -0.4 is 0 Å². The molecule has 1 N–H and O–H groups in total. The van der Waals surface area contributed by atoms with Gasteiger partial charge in [0.1, 0.15) is 0 Å². The summed E-state index contributed by atoms with van der Waals surface area (Å²) in [4.78, 5) is 11.8. The largest absolute Gasteiger partial charge is 0.481 e. The van der Waals surface area contributed by atoms with Gasteiger partial charge >= 0.3 is 5.97 Å². The van der Waals surface area contributed by atoms with Gasteiger partial charge in [0.05, 0.1) is 5.41 Å². The molecule has 1 fully saturated rings. The number of halogens is 1. The normalized spacial score (nSPS) is 19.7. The standard InChI is InChI=1S/C15H19BrO2/c1-15(14(17)18,12-4-2-3-5-12)13-8-6-11(10-16)7-9-13/h6-9,12H,2-5,10H2,1H3,(H,17,18). The Bertz CT molecular complexity index is 421. The maximum atomic E-state index is 11.8. The van der Waals surface area contributed by atoms with Gasteiger partial charge in [0, 0.05) is 5.33 Å². The van der Waals surface area contributed by atoms with E-state index in [0.29, 0.717) is 0 Å². The molecule has 0 radical (unpaired) electrons. The van der Waals surface area contributed by atoms with Gasteiger partial charge in [-0.2, -0.15) is 0 Å². The topological polar surface area (TPSA) is 37.3 Å². The average molecular weight is 311 g/mol. The van der Waals surface area contributed by atoms with Crippen molar-refractivity contribution in [3.05, 3.63) is 35.4 Å². The highest BCUT2D eigenvalue weighted by atomic mass is 79.9. The Labute approximate surface area is 117 Å². The zero-order valence-corrected chi connectivity index (χ0v) is 12.2. The Morgan fingerprint density at radius 2 is 1.89 bits per heavy atom. The van der Waals surface area contributed by atoms with Crippen LogP contribution in [0.25, 0.3) is 0 Å². The molecule has 1 atom stereocenters. The molecular formula is C15H19BrO2. The van der Waals surface area contributed by atoms with Crippen LogP contribution in [0.15, 0.2) is 24.3 Å². The molecule has 1 unspecified atom stereocenters. The van der Waals surface area contributed by atoms with Crippen molar-refractivity contribution in [3.63, 3.8) is 0 Å². The number of carboxylic acids is 1. The lowest BCUT2D eigenvalue weighted by atomic mass is 9.71. The predicted octanol–water partition coefficient (Wildman–Crippen LogP) is 4.11. The minimum Gasteiger partial charge on any atom is -0.481 e. The van der Waals surface area contributed by atoms with Crippen molar-refractivity contribution in [1.29, 1.82) is 0 Å². The maximum Gasteiger partial charge on any atom is 0.314 e. The lowest BCUT2D eigenvalue weighted by Gasteiger charge is -2.32. The molecule has 0 bridgehead atoms. The maximum absolute atomic E-state index is 11.8. The molecule has 1 saturated carbocycles. The molecule has 1 aliphatic carbocycles. The van der Waals surface area contributed by atoms with E-state index in [2.05, 4.69) is 15.9 Å². The van der Waals surface area contributed by atoms with Gasteiger partial charge in [0.15, 0.2) is 0 Å². The monoisotopic (exact) mass is 310 g/mol. The molecule has 0 amide bonds. The van der Waals surface area contributed by atoms with Gasteiger partial charge < -0.3 is 5.11 Å². The molecular weight excluding hydrogens is 292 g/mol. The number of aliphatic carboxylic acids is 1. The summed E-state index contributed by atoms with van der Waals surface area (Å²) >= 11 is 3.41. The van der Waals surface area contributed by atoms with Crippen LogP contribution in [-0.4, -0.2) is 11.1 Å². The molecule has 1 aromatic rings. The molecule has 18 heavy (non-hydrogen) atoms. The number of carboxylic acid groups (broad SMARTS) is 1. The van der Waals surface area contributed by atoms with Crippen molar-refractivity contribution in [2.75, 3.05) is 0 Å². The van der Waals surface area contributed by atoms with Crippen molar-refractivity contribution in [3.8, 4) is 0 Å². The number of rotatable bonds is 4. The molecule has 3 heteroatoms. The Hall–Kier alpha value is -0.830. The van der Waals surface area contributed by atoms with Crippen LogP contribution in [-0.2, 0) is 15.5 Å². The summed E-state index contributed by atoms with van der Waals surface area (Å²) in [5, 5.41) is 10.5. The van der Waals surface area contributed by atoms with Gasteiger partial charge in [-0.25, -0.2) is 0 Å². The Morgan fingerprint density at radius 3 is 2.33 bits per heavy atom. The summed E-state index contributed by atoms with van der Waals surface area (Å²) in [6, 6.07) is 7.98. The third kappa shape index (κ3) is 2.33. The van der Waals surface area contributed by atoms with E-state index in [0.717, 1.165) is 36.6 Å². The number of hydrogen-bond donors (Lipinski definition) is 1. The van der Waals surface area contributed by atoms with Crippen molar-refractivity contribution in [2.24, 2.45) is 5.92 Å². The fraction of sp³-hybridized carbons (Fsp3) is 0.533. The predicted molar refractivity (Wildman–Crippen MR) is 76.0 cm³/mol. The van der Waals surface area contributed by atoms with E-state index in [4.69, 9.17) is 0 Å². The van der Waals surface area contributed by atoms with E-state index in [-0.39, 0.29) is 5.92 Å². The van der Waals surface area contributed by atoms with Gasteiger partial charge in [-0.3, -0.25) is 4.79 Å². The summed E-state index contributed by atoms with van der Waals surface area (Å²) < 4.78 is 0. The number of benzene rings is 1. The second kappa shape index (κ2) is 5.43. The average Bonchev–Trinajstić information content (AvgIpc) is 2.92. The van der Waals surface area contributed by atoms with E-state index in [1.165, 1.54) is 5.56 Å². The van der Waals surface area contributed by atoms with Crippen LogP contribution in [0, 0.1) is 5.92 Å². The van der Waals surface area contributed by atoms with Crippen molar-refractivity contribution < 1.29 is 9.90 Å². The molecule has 2 rings (SSSR count). The fourth-order valence-corrected chi connectivity index (χ4v) is 3.35. The van der Waals surface area contributed by atoms with E-state index in [9.17, 15) is 9.90 Å². The smallest absolute Gasteiger partial charge is 0.314 e. The quantitative estimate of drug-likeness (QED) is 0.850. The molecule has 0 aliphatic heterocycles.